The van der Waals surface area contributed by atoms with Gasteiger partial charge in [0.25, 0.3) is 0 Å². The maximum Gasteiger partial charge on any atom is 0.229 e. The summed E-state index contributed by atoms with van der Waals surface area (Å²) in [5.74, 6) is 0.554. The molecule has 1 heterocycles. The van der Waals surface area contributed by atoms with Crippen LogP contribution in [0.5, 0.6) is 0 Å². The van der Waals surface area contributed by atoms with Gasteiger partial charge in [-0.05, 0) is 36.8 Å². The van der Waals surface area contributed by atoms with Crippen molar-refractivity contribution in [1.29, 1.82) is 0 Å². The Morgan fingerprint density at radius 3 is 2.83 bits per heavy atom. The summed E-state index contributed by atoms with van der Waals surface area (Å²) in [4.78, 5) is 4.52. The highest BCUT2D eigenvalue weighted by atomic mass is 79.9. The summed E-state index contributed by atoms with van der Waals surface area (Å²) in [6, 6.07) is 11.5. The number of nitrogens with zero attached hydrogens (tertiary/aromatic N) is 1. The number of aromatic nitrogens is 1. The van der Waals surface area contributed by atoms with E-state index in [9.17, 15) is 0 Å². The highest BCUT2D eigenvalue weighted by Crippen LogP contribution is 2.31. The number of benzene rings is 2. The Kier molecular flexibility index (Phi) is 2.59. The molecule has 0 unspecified atom stereocenters. The highest BCUT2D eigenvalue weighted by molar-refractivity contribution is 9.10. The fourth-order valence-electron chi connectivity index (χ4n) is 1.92. The first kappa shape index (κ1) is 11.3. The van der Waals surface area contributed by atoms with Crippen LogP contribution in [0.1, 0.15) is 5.56 Å². The normalized spacial score (nSPS) is 11.0. The van der Waals surface area contributed by atoms with E-state index >= 15 is 0 Å². The molecule has 4 heteroatoms. The lowest BCUT2D eigenvalue weighted by atomic mass is 10.2. The quantitative estimate of drug-likeness (QED) is 0.687. The second-order valence-corrected chi connectivity index (χ2v) is 5.09. The molecule has 0 saturated heterocycles. The summed E-state index contributed by atoms with van der Waals surface area (Å²) in [6.45, 7) is 2.01. The van der Waals surface area contributed by atoms with Gasteiger partial charge in [0.1, 0.15) is 5.52 Å². The molecule has 0 amide bonds. The molecule has 2 N–H and O–H groups in total. The summed E-state index contributed by atoms with van der Waals surface area (Å²) in [6.07, 6.45) is 0. The van der Waals surface area contributed by atoms with Crippen LogP contribution >= 0.6 is 15.9 Å². The predicted octanol–water partition coefficient (Wildman–Crippen LogP) is 4.15. The van der Waals surface area contributed by atoms with Gasteiger partial charge in [0.15, 0.2) is 5.58 Å². The molecule has 0 fully saturated rings. The third kappa shape index (κ3) is 1.78. The summed E-state index contributed by atoms with van der Waals surface area (Å²) in [5.41, 5.74) is 10.2. The van der Waals surface area contributed by atoms with Crippen molar-refractivity contribution in [1.82, 2.24) is 4.98 Å². The van der Waals surface area contributed by atoms with Crippen molar-refractivity contribution < 1.29 is 4.42 Å². The number of nitrogens with two attached hydrogens (primary N) is 1. The van der Waals surface area contributed by atoms with E-state index in [0.717, 1.165) is 26.7 Å². The maximum absolute atomic E-state index is 5.96. The van der Waals surface area contributed by atoms with Gasteiger partial charge >= 0.3 is 0 Å². The topological polar surface area (TPSA) is 52.0 Å². The fraction of sp³-hybridized carbons (Fsp3) is 0.0714. The highest BCUT2D eigenvalue weighted by Gasteiger charge is 2.12. The molecule has 0 aliphatic heterocycles. The van der Waals surface area contributed by atoms with E-state index in [-0.39, 0.29) is 0 Å². The zero-order valence-electron chi connectivity index (χ0n) is 9.77. The second kappa shape index (κ2) is 4.14. The van der Waals surface area contributed by atoms with E-state index in [1.165, 1.54) is 0 Å². The van der Waals surface area contributed by atoms with Crippen LogP contribution in [0.2, 0.25) is 0 Å². The number of nitrogen functional groups attached to an aromatic ring is 1. The van der Waals surface area contributed by atoms with Crippen molar-refractivity contribution in [2.75, 3.05) is 5.73 Å². The Bertz CT molecular complexity index is 734. The molecule has 3 rings (SSSR count). The van der Waals surface area contributed by atoms with Gasteiger partial charge in [-0.1, -0.05) is 28.1 Å². The van der Waals surface area contributed by atoms with E-state index in [2.05, 4.69) is 20.9 Å². The van der Waals surface area contributed by atoms with E-state index < -0.39 is 0 Å². The lowest BCUT2D eigenvalue weighted by Gasteiger charge is -2.01. The third-order valence-electron chi connectivity index (χ3n) is 2.87. The molecule has 0 spiro atoms. The maximum atomic E-state index is 5.96. The molecule has 90 valence electrons. The van der Waals surface area contributed by atoms with Crippen molar-refractivity contribution in [2.24, 2.45) is 0 Å². The van der Waals surface area contributed by atoms with Crippen LogP contribution in [0.25, 0.3) is 22.6 Å². The van der Waals surface area contributed by atoms with Crippen molar-refractivity contribution in [2.45, 2.75) is 6.92 Å². The number of hydrogen-bond donors (Lipinski definition) is 1. The standard InChI is InChI=1S/C14H11BrN2O/c1-8-3-2-4-12-13(8)17-14(18-12)10-7-9(15)5-6-11(10)16/h2-7H,16H2,1H3. The zero-order chi connectivity index (χ0) is 12.7. The molecule has 0 radical (unpaired) electrons. The first-order chi connectivity index (χ1) is 8.65. The molecular formula is C14H11BrN2O. The number of fused-ring (bicyclic) bond motifs is 1. The Morgan fingerprint density at radius 1 is 1.22 bits per heavy atom. The summed E-state index contributed by atoms with van der Waals surface area (Å²) < 4.78 is 6.71. The monoisotopic (exact) mass is 302 g/mol. The van der Waals surface area contributed by atoms with E-state index in [1.807, 2.05) is 43.3 Å². The number of rotatable bonds is 1. The summed E-state index contributed by atoms with van der Waals surface area (Å²) >= 11 is 3.43. The minimum absolute atomic E-state index is 0.554. The van der Waals surface area contributed by atoms with Gasteiger partial charge in [0.05, 0.1) is 5.56 Å². The largest absolute Gasteiger partial charge is 0.436 e. The Labute approximate surface area is 113 Å². The number of oxazole rings is 1. The van der Waals surface area contributed by atoms with E-state index in [0.29, 0.717) is 11.6 Å². The fourth-order valence-corrected chi connectivity index (χ4v) is 2.28. The average molecular weight is 303 g/mol. The molecule has 0 aliphatic rings. The van der Waals surface area contributed by atoms with Crippen LogP contribution in [-0.4, -0.2) is 4.98 Å². The van der Waals surface area contributed by atoms with Crippen molar-refractivity contribution >= 4 is 32.7 Å². The second-order valence-electron chi connectivity index (χ2n) is 4.17. The Hall–Kier alpha value is -1.81. The van der Waals surface area contributed by atoms with Gasteiger partial charge in [-0.25, -0.2) is 4.98 Å². The first-order valence-electron chi connectivity index (χ1n) is 5.57. The van der Waals surface area contributed by atoms with Gasteiger partial charge in [-0.15, -0.1) is 0 Å². The van der Waals surface area contributed by atoms with Gasteiger partial charge < -0.3 is 10.2 Å². The van der Waals surface area contributed by atoms with Crippen molar-refractivity contribution in [3.05, 3.63) is 46.4 Å². The zero-order valence-corrected chi connectivity index (χ0v) is 11.4. The Balaban J connectivity index is 2.26. The molecule has 0 bridgehead atoms. The summed E-state index contributed by atoms with van der Waals surface area (Å²) in [7, 11) is 0. The van der Waals surface area contributed by atoms with Crippen molar-refractivity contribution in [3.8, 4) is 11.5 Å². The first-order valence-corrected chi connectivity index (χ1v) is 6.36. The molecule has 0 saturated carbocycles. The van der Waals surface area contributed by atoms with Crippen LogP contribution in [-0.2, 0) is 0 Å². The van der Waals surface area contributed by atoms with Crippen molar-refractivity contribution in [3.63, 3.8) is 0 Å². The van der Waals surface area contributed by atoms with Crippen LogP contribution in [0, 0.1) is 6.92 Å². The third-order valence-corrected chi connectivity index (χ3v) is 3.36. The molecule has 2 aromatic carbocycles. The van der Waals surface area contributed by atoms with Gasteiger partial charge in [0, 0.05) is 10.2 Å². The van der Waals surface area contributed by atoms with Crippen LogP contribution in [0.4, 0.5) is 5.69 Å². The van der Waals surface area contributed by atoms with Crippen LogP contribution in [0.15, 0.2) is 45.3 Å². The molecule has 3 nitrogen and oxygen atoms in total. The molecule has 0 atom stereocenters. The number of hydrogen-bond acceptors (Lipinski definition) is 3. The smallest absolute Gasteiger partial charge is 0.229 e. The number of para-hydroxylation sites is 1. The SMILES string of the molecule is Cc1cccc2oc(-c3cc(Br)ccc3N)nc12. The molecule has 18 heavy (non-hydrogen) atoms. The average Bonchev–Trinajstić information content (AvgIpc) is 2.77. The van der Waals surface area contributed by atoms with E-state index in [1.54, 1.807) is 0 Å². The molecule has 0 aliphatic carbocycles. The van der Waals surface area contributed by atoms with E-state index in [4.69, 9.17) is 10.2 Å². The van der Waals surface area contributed by atoms with Crippen LogP contribution < -0.4 is 5.73 Å². The van der Waals surface area contributed by atoms with Gasteiger partial charge in [-0.3, -0.25) is 0 Å². The molecule has 3 aromatic rings. The van der Waals surface area contributed by atoms with Gasteiger partial charge in [-0.2, -0.15) is 0 Å². The lowest BCUT2D eigenvalue weighted by Crippen LogP contribution is -1.89. The molecular weight excluding hydrogens is 292 g/mol. The molecule has 1 aromatic heterocycles. The summed E-state index contributed by atoms with van der Waals surface area (Å²) in [5, 5.41) is 0. The lowest BCUT2D eigenvalue weighted by molar-refractivity contribution is 0.620. The minimum atomic E-state index is 0.554. The van der Waals surface area contributed by atoms with Gasteiger partial charge in [0.2, 0.25) is 5.89 Å². The minimum Gasteiger partial charge on any atom is -0.436 e. The number of anilines is 1. The number of aryl methyl sites for hydroxylation is 1. The Morgan fingerprint density at radius 2 is 2.06 bits per heavy atom. The predicted molar refractivity (Wildman–Crippen MR) is 76.3 cm³/mol. The van der Waals surface area contributed by atoms with Crippen LogP contribution in [0.3, 0.4) is 0 Å². The number of halogens is 1.